The van der Waals surface area contributed by atoms with Crippen molar-refractivity contribution in [1.29, 1.82) is 0 Å². The lowest BCUT2D eigenvalue weighted by atomic mass is 9.94. The van der Waals surface area contributed by atoms with E-state index in [1.165, 1.54) is 29.0 Å². The zero-order valence-corrected chi connectivity index (χ0v) is 20.2. The molecule has 2 aromatic carbocycles. The number of hydrogen-bond acceptors (Lipinski definition) is 4. The third-order valence-electron chi connectivity index (χ3n) is 6.29. The van der Waals surface area contributed by atoms with Crippen LogP contribution in [-0.4, -0.2) is 47.1 Å². The van der Waals surface area contributed by atoms with E-state index in [9.17, 15) is 23.2 Å². The Morgan fingerprint density at radius 3 is 2.31 bits per heavy atom. The number of pyridine rings is 1. The van der Waals surface area contributed by atoms with Crippen molar-refractivity contribution in [2.45, 2.75) is 13.0 Å². The molecule has 0 radical (unpaired) electrons. The van der Waals surface area contributed by atoms with Gasteiger partial charge >= 0.3 is 0 Å². The van der Waals surface area contributed by atoms with Gasteiger partial charge in [-0.1, -0.05) is 17.7 Å². The molecule has 1 saturated heterocycles. The standard InChI is InChI=1S/C26H25ClF2N4O3/c1-16(13-28)32-14-20(25(35)30-18-7-5-17(27)6-8-18)21(15-32)26(36)31-23-10-9-19(12-22(23)29)33-11-3-2-4-24(33)34/h2-12,16,20-21H,13-15H2,1H3,(H,30,35)(H,31,36)/t16?,20-,21-/m0/s1. The highest BCUT2D eigenvalue weighted by atomic mass is 35.5. The summed E-state index contributed by atoms with van der Waals surface area (Å²) in [5.41, 5.74) is 0.413. The topological polar surface area (TPSA) is 83.4 Å². The van der Waals surface area contributed by atoms with E-state index in [4.69, 9.17) is 11.6 Å². The third-order valence-corrected chi connectivity index (χ3v) is 6.54. The van der Waals surface area contributed by atoms with Crippen LogP contribution in [0.3, 0.4) is 0 Å². The molecule has 36 heavy (non-hydrogen) atoms. The summed E-state index contributed by atoms with van der Waals surface area (Å²) in [7, 11) is 0. The van der Waals surface area contributed by atoms with E-state index < -0.39 is 42.2 Å². The van der Waals surface area contributed by atoms with E-state index in [1.807, 2.05) is 0 Å². The number of nitrogens with zero attached hydrogens (tertiary/aromatic N) is 2. The summed E-state index contributed by atoms with van der Waals surface area (Å²) < 4.78 is 29.5. The Bertz CT molecular complexity index is 1320. The normalized spacial score (nSPS) is 18.6. The minimum Gasteiger partial charge on any atom is -0.326 e. The number of likely N-dealkylation sites (tertiary alicyclic amines) is 1. The van der Waals surface area contributed by atoms with E-state index >= 15 is 0 Å². The van der Waals surface area contributed by atoms with Gasteiger partial charge in [-0.25, -0.2) is 8.78 Å². The molecule has 0 bridgehead atoms. The quantitative estimate of drug-likeness (QED) is 0.497. The lowest BCUT2D eigenvalue weighted by Gasteiger charge is -2.21. The summed E-state index contributed by atoms with van der Waals surface area (Å²) in [6, 6.07) is 14.7. The first kappa shape index (κ1) is 25.5. The summed E-state index contributed by atoms with van der Waals surface area (Å²) in [6.45, 7) is 1.38. The molecule has 2 heterocycles. The summed E-state index contributed by atoms with van der Waals surface area (Å²) >= 11 is 5.90. The van der Waals surface area contributed by atoms with Crippen molar-refractivity contribution in [1.82, 2.24) is 9.47 Å². The van der Waals surface area contributed by atoms with Crippen molar-refractivity contribution in [2.24, 2.45) is 11.8 Å². The van der Waals surface area contributed by atoms with Crippen LogP contribution in [0.5, 0.6) is 0 Å². The van der Waals surface area contributed by atoms with Crippen LogP contribution < -0.4 is 16.2 Å². The molecule has 7 nitrogen and oxygen atoms in total. The van der Waals surface area contributed by atoms with Crippen molar-refractivity contribution >= 4 is 34.8 Å². The average molecular weight is 515 g/mol. The highest BCUT2D eigenvalue weighted by Gasteiger charge is 2.43. The van der Waals surface area contributed by atoms with Crippen LogP contribution >= 0.6 is 11.6 Å². The van der Waals surface area contributed by atoms with Crippen LogP contribution in [0.4, 0.5) is 20.2 Å². The molecule has 2 N–H and O–H groups in total. The molecule has 3 atom stereocenters. The second-order valence-electron chi connectivity index (χ2n) is 8.73. The molecule has 1 aliphatic heterocycles. The van der Waals surface area contributed by atoms with Crippen molar-refractivity contribution in [3.05, 3.63) is 88.1 Å². The highest BCUT2D eigenvalue weighted by Crippen LogP contribution is 2.29. The average Bonchev–Trinajstić information content (AvgIpc) is 3.32. The fraction of sp³-hybridized carbons (Fsp3) is 0.269. The van der Waals surface area contributed by atoms with Gasteiger partial charge in [-0.2, -0.15) is 0 Å². The monoisotopic (exact) mass is 514 g/mol. The Hall–Kier alpha value is -3.56. The van der Waals surface area contributed by atoms with Gasteiger partial charge in [0.05, 0.1) is 23.2 Å². The molecule has 1 unspecified atom stereocenters. The first-order chi connectivity index (χ1) is 17.3. The Kier molecular flexibility index (Phi) is 7.81. The number of halogens is 3. The van der Waals surface area contributed by atoms with Crippen LogP contribution in [0, 0.1) is 17.7 Å². The number of aromatic nitrogens is 1. The number of amides is 2. The minimum atomic E-state index is -0.831. The summed E-state index contributed by atoms with van der Waals surface area (Å²) in [4.78, 5) is 40.0. The maximum Gasteiger partial charge on any atom is 0.255 e. The molecule has 10 heteroatoms. The second-order valence-corrected chi connectivity index (χ2v) is 9.17. The van der Waals surface area contributed by atoms with Gasteiger partial charge in [0.1, 0.15) is 12.5 Å². The molecular formula is C26H25ClF2N4O3. The molecule has 1 aliphatic rings. The number of benzene rings is 2. The van der Waals surface area contributed by atoms with Crippen LogP contribution in [0.1, 0.15) is 6.92 Å². The molecule has 1 aromatic heterocycles. The fourth-order valence-electron chi connectivity index (χ4n) is 4.21. The summed E-state index contributed by atoms with van der Waals surface area (Å²) in [6.07, 6.45) is 1.51. The van der Waals surface area contributed by atoms with E-state index in [1.54, 1.807) is 48.2 Å². The van der Waals surface area contributed by atoms with Crippen LogP contribution in [-0.2, 0) is 9.59 Å². The lowest BCUT2D eigenvalue weighted by Crippen LogP contribution is -2.35. The number of nitrogens with one attached hydrogen (secondary N) is 2. The number of alkyl halides is 1. The molecule has 3 aromatic rings. The molecule has 4 rings (SSSR count). The van der Waals surface area contributed by atoms with Crippen molar-refractivity contribution in [3.8, 4) is 5.69 Å². The van der Waals surface area contributed by atoms with Crippen LogP contribution in [0.2, 0.25) is 5.02 Å². The number of carbonyl (C=O) groups is 2. The molecule has 1 fully saturated rings. The van der Waals surface area contributed by atoms with Gasteiger partial charge < -0.3 is 10.6 Å². The van der Waals surface area contributed by atoms with E-state index in [2.05, 4.69) is 10.6 Å². The minimum absolute atomic E-state index is 0.0819. The largest absolute Gasteiger partial charge is 0.326 e. The van der Waals surface area contributed by atoms with Crippen molar-refractivity contribution < 1.29 is 18.4 Å². The molecule has 2 amide bonds. The number of anilines is 2. The number of carbonyl (C=O) groups excluding carboxylic acids is 2. The molecule has 188 valence electrons. The van der Waals surface area contributed by atoms with Gasteiger partial charge in [0.2, 0.25) is 11.8 Å². The smallest absolute Gasteiger partial charge is 0.255 e. The number of rotatable bonds is 7. The SMILES string of the molecule is CC(CF)N1C[C@H](C(=O)Nc2ccc(Cl)cc2)[C@@H](C(=O)Nc2ccc(-n3ccccc3=O)cc2F)C1. The maximum atomic E-state index is 14.9. The Morgan fingerprint density at radius 1 is 1.03 bits per heavy atom. The first-order valence-electron chi connectivity index (χ1n) is 11.4. The fourth-order valence-corrected chi connectivity index (χ4v) is 4.34. The van der Waals surface area contributed by atoms with Crippen molar-refractivity contribution in [3.63, 3.8) is 0 Å². The summed E-state index contributed by atoms with van der Waals surface area (Å²) in [5.74, 6) is -3.29. The van der Waals surface area contributed by atoms with E-state index in [0.717, 1.165) is 6.07 Å². The molecule has 0 saturated carbocycles. The van der Waals surface area contributed by atoms with Crippen molar-refractivity contribution in [2.75, 3.05) is 30.4 Å². The van der Waals surface area contributed by atoms with Gasteiger partial charge in [-0.15, -0.1) is 0 Å². The highest BCUT2D eigenvalue weighted by molar-refractivity contribution is 6.30. The Morgan fingerprint density at radius 2 is 1.69 bits per heavy atom. The van der Waals surface area contributed by atoms with Gasteiger partial charge in [-0.3, -0.25) is 23.9 Å². The lowest BCUT2D eigenvalue weighted by molar-refractivity contribution is -0.127. The second kappa shape index (κ2) is 11.0. The zero-order valence-electron chi connectivity index (χ0n) is 19.5. The van der Waals surface area contributed by atoms with Gasteiger partial charge in [0.15, 0.2) is 0 Å². The maximum absolute atomic E-state index is 14.9. The van der Waals surface area contributed by atoms with E-state index in [0.29, 0.717) is 16.4 Å². The van der Waals surface area contributed by atoms with Crippen LogP contribution in [0.25, 0.3) is 5.69 Å². The van der Waals surface area contributed by atoms with Crippen LogP contribution in [0.15, 0.2) is 71.7 Å². The van der Waals surface area contributed by atoms with E-state index in [-0.39, 0.29) is 24.3 Å². The molecule has 0 aliphatic carbocycles. The van der Waals surface area contributed by atoms with Gasteiger partial charge in [0.25, 0.3) is 5.56 Å². The Balaban J connectivity index is 1.53. The Labute approximate surface area is 211 Å². The number of hydrogen-bond donors (Lipinski definition) is 2. The summed E-state index contributed by atoms with van der Waals surface area (Å²) in [5, 5.41) is 5.85. The van der Waals surface area contributed by atoms with Gasteiger partial charge in [0, 0.05) is 48.2 Å². The predicted octanol–water partition coefficient (Wildman–Crippen LogP) is 4.11. The third kappa shape index (κ3) is 5.63. The van der Waals surface area contributed by atoms with Gasteiger partial charge in [-0.05, 0) is 49.4 Å². The molecule has 0 spiro atoms. The first-order valence-corrected chi connectivity index (χ1v) is 11.8. The molecular weight excluding hydrogens is 490 g/mol. The predicted molar refractivity (Wildman–Crippen MR) is 135 cm³/mol. The zero-order chi connectivity index (χ0) is 25.8.